The van der Waals surface area contributed by atoms with E-state index >= 15 is 0 Å². The van der Waals surface area contributed by atoms with E-state index < -0.39 is 0 Å². The van der Waals surface area contributed by atoms with E-state index in [1.165, 1.54) is 17.7 Å². The molecule has 0 bridgehead atoms. The lowest BCUT2D eigenvalue weighted by molar-refractivity contribution is 0.315. The fourth-order valence-electron chi connectivity index (χ4n) is 2.50. The molecular weight excluding hydrogens is 246 g/mol. The van der Waals surface area contributed by atoms with E-state index in [4.69, 9.17) is 11.6 Å². The lowest BCUT2D eigenvalue weighted by Crippen LogP contribution is -2.31. The molecule has 100 valence electrons. The molecule has 0 spiro atoms. The summed E-state index contributed by atoms with van der Waals surface area (Å²) in [5, 5.41) is 4.01. The maximum absolute atomic E-state index is 6.39. The van der Waals surface area contributed by atoms with E-state index in [0.29, 0.717) is 6.04 Å². The Kier molecular flexibility index (Phi) is 4.49. The molecule has 3 nitrogen and oxygen atoms in total. The number of nitrogens with zero attached hydrogens (tertiary/aromatic N) is 2. The average Bonchev–Trinajstić information content (AvgIpc) is 2.79. The van der Waals surface area contributed by atoms with Gasteiger partial charge in [0.2, 0.25) is 0 Å². The van der Waals surface area contributed by atoms with E-state index in [1.807, 2.05) is 7.05 Å². The number of nitrogens with one attached hydrogen (secondary N) is 1. The Hall–Kier alpha value is -0.770. The van der Waals surface area contributed by atoms with Gasteiger partial charge in [-0.25, -0.2) is 0 Å². The summed E-state index contributed by atoms with van der Waals surface area (Å²) >= 11 is 6.39. The molecule has 1 saturated heterocycles. The SMILES string of the molecule is CNCc1ccc(N2CCC(N(C)C)C2)c(Cl)c1. The smallest absolute Gasteiger partial charge is 0.0642 e. The zero-order chi connectivity index (χ0) is 13.1. The normalized spacial score (nSPS) is 19.8. The fourth-order valence-corrected chi connectivity index (χ4v) is 2.83. The molecule has 1 aromatic carbocycles. The molecule has 1 fully saturated rings. The molecule has 1 aliphatic rings. The molecule has 0 saturated carbocycles. The van der Waals surface area contributed by atoms with Crippen molar-refractivity contribution in [1.29, 1.82) is 0 Å². The van der Waals surface area contributed by atoms with Crippen molar-refractivity contribution in [3.63, 3.8) is 0 Å². The van der Waals surface area contributed by atoms with Crippen LogP contribution in [-0.2, 0) is 6.54 Å². The molecular formula is C14H22ClN3. The Morgan fingerprint density at radius 2 is 2.22 bits per heavy atom. The predicted octanol–water partition coefficient (Wildman–Crippen LogP) is 2.20. The second kappa shape index (κ2) is 5.91. The van der Waals surface area contributed by atoms with E-state index in [2.05, 4.69) is 47.4 Å². The Morgan fingerprint density at radius 1 is 1.44 bits per heavy atom. The molecule has 1 heterocycles. The van der Waals surface area contributed by atoms with Gasteiger partial charge in [0.05, 0.1) is 10.7 Å². The zero-order valence-electron chi connectivity index (χ0n) is 11.4. The number of hydrogen-bond acceptors (Lipinski definition) is 3. The van der Waals surface area contributed by atoms with Gasteiger partial charge in [-0.3, -0.25) is 0 Å². The van der Waals surface area contributed by atoms with Gasteiger partial charge in [0, 0.05) is 25.7 Å². The van der Waals surface area contributed by atoms with Crippen molar-refractivity contribution in [2.45, 2.75) is 19.0 Å². The number of halogens is 1. The van der Waals surface area contributed by atoms with Crippen molar-refractivity contribution < 1.29 is 0 Å². The third kappa shape index (κ3) is 2.97. The maximum Gasteiger partial charge on any atom is 0.0642 e. The molecule has 18 heavy (non-hydrogen) atoms. The van der Waals surface area contributed by atoms with E-state index in [9.17, 15) is 0 Å². The Balaban J connectivity index is 2.10. The zero-order valence-corrected chi connectivity index (χ0v) is 12.2. The monoisotopic (exact) mass is 267 g/mol. The summed E-state index contributed by atoms with van der Waals surface area (Å²) in [5.41, 5.74) is 2.40. The molecule has 4 heteroatoms. The summed E-state index contributed by atoms with van der Waals surface area (Å²) < 4.78 is 0. The highest BCUT2D eigenvalue weighted by molar-refractivity contribution is 6.33. The summed E-state index contributed by atoms with van der Waals surface area (Å²) in [4.78, 5) is 4.68. The first-order valence-electron chi connectivity index (χ1n) is 6.46. The van der Waals surface area contributed by atoms with Crippen LogP contribution in [0.25, 0.3) is 0 Å². The number of likely N-dealkylation sites (N-methyl/N-ethyl adjacent to an activating group) is 1. The van der Waals surface area contributed by atoms with Gasteiger partial charge in [-0.1, -0.05) is 17.7 Å². The molecule has 0 radical (unpaired) electrons. The number of rotatable bonds is 4. The molecule has 0 aliphatic carbocycles. The Bertz CT molecular complexity index is 406. The molecule has 1 aromatic rings. The minimum Gasteiger partial charge on any atom is -0.369 e. The lowest BCUT2D eigenvalue weighted by Gasteiger charge is -2.23. The van der Waals surface area contributed by atoms with Crippen LogP contribution in [0.3, 0.4) is 0 Å². The summed E-state index contributed by atoms with van der Waals surface area (Å²) in [6.07, 6.45) is 1.21. The van der Waals surface area contributed by atoms with Crippen molar-refractivity contribution in [3.05, 3.63) is 28.8 Å². The fraction of sp³-hybridized carbons (Fsp3) is 0.571. The number of benzene rings is 1. The van der Waals surface area contributed by atoms with Gasteiger partial charge in [0.1, 0.15) is 0 Å². The van der Waals surface area contributed by atoms with Gasteiger partial charge >= 0.3 is 0 Å². The molecule has 0 amide bonds. The molecule has 2 rings (SSSR count). The van der Waals surface area contributed by atoms with Crippen LogP contribution in [0.4, 0.5) is 5.69 Å². The van der Waals surface area contributed by atoms with Crippen molar-refractivity contribution in [1.82, 2.24) is 10.2 Å². The summed E-state index contributed by atoms with van der Waals surface area (Å²) in [5.74, 6) is 0. The van der Waals surface area contributed by atoms with Crippen LogP contribution in [0.15, 0.2) is 18.2 Å². The van der Waals surface area contributed by atoms with Gasteiger partial charge in [-0.15, -0.1) is 0 Å². The average molecular weight is 268 g/mol. The molecule has 1 aliphatic heterocycles. The van der Waals surface area contributed by atoms with Crippen LogP contribution in [-0.4, -0.2) is 45.2 Å². The maximum atomic E-state index is 6.39. The van der Waals surface area contributed by atoms with Crippen molar-refractivity contribution in [3.8, 4) is 0 Å². The minimum atomic E-state index is 0.637. The van der Waals surface area contributed by atoms with Crippen LogP contribution >= 0.6 is 11.6 Å². The van der Waals surface area contributed by atoms with Crippen LogP contribution in [0.5, 0.6) is 0 Å². The second-order valence-electron chi connectivity index (χ2n) is 5.17. The molecule has 1 atom stereocenters. The van der Waals surface area contributed by atoms with Crippen LogP contribution in [0, 0.1) is 0 Å². The summed E-state index contributed by atoms with van der Waals surface area (Å²) in [7, 11) is 6.24. The number of anilines is 1. The highest BCUT2D eigenvalue weighted by Crippen LogP contribution is 2.30. The molecule has 1 unspecified atom stereocenters. The summed E-state index contributed by atoms with van der Waals surface area (Å²) in [6.45, 7) is 3.02. The van der Waals surface area contributed by atoms with Gasteiger partial charge in [-0.2, -0.15) is 0 Å². The largest absolute Gasteiger partial charge is 0.369 e. The van der Waals surface area contributed by atoms with Gasteiger partial charge < -0.3 is 15.1 Å². The first-order valence-corrected chi connectivity index (χ1v) is 6.84. The Morgan fingerprint density at radius 3 is 2.78 bits per heavy atom. The van der Waals surface area contributed by atoms with Crippen molar-refractivity contribution in [2.75, 3.05) is 39.1 Å². The van der Waals surface area contributed by atoms with E-state index in [-0.39, 0.29) is 0 Å². The minimum absolute atomic E-state index is 0.637. The van der Waals surface area contributed by atoms with Gasteiger partial charge in [0.15, 0.2) is 0 Å². The number of hydrogen-bond donors (Lipinski definition) is 1. The van der Waals surface area contributed by atoms with Gasteiger partial charge in [-0.05, 0) is 45.3 Å². The van der Waals surface area contributed by atoms with Gasteiger partial charge in [0.25, 0.3) is 0 Å². The predicted molar refractivity (Wildman–Crippen MR) is 78.5 cm³/mol. The van der Waals surface area contributed by atoms with Crippen LogP contribution < -0.4 is 10.2 Å². The van der Waals surface area contributed by atoms with Crippen molar-refractivity contribution >= 4 is 17.3 Å². The van der Waals surface area contributed by atoms with E-state index in [1.54, 1.807) is 0 Å². The van der Waals surface area contributed by atoms with Crippen LogP contribution in [0.1, 0.15) is 12.0 Å². The van der Waals surface area contributed by atoms with Crippen molar-refractivity contribution in [2.24, 2.45) is 0 Å². The van der Waals surface area contributed by atoms with E-state index in [0.717, 1.165) is 24.7 Å². The lowest BCUT2D eigenvalue weighted by atomic mass is 10.2. The quantitative estimate of drug-likeness (QED) is 0.902. The topological polar surface area (TPSA) is 18.5 Å². The molecule has 0 aromatic heterocycles. The highest BCUT2D eigenvalue weighted by atomic mass is 35.5. The molecule has 1 N–H and O–H groups in total. The summed E-state index contributed by atoms with van der Waals surface area (Å²) in [6, 6.07) is 7.00. The third-order valence-corrected chi connectivity index (χ3v) is 3.93. The second-order valence-corrected chi connectivity index (χ2v) is 5.58. The highest BCUT2D eigenvalue weighted by Gasteiger charge is 2.25. The standard InChI is InChI=1S/C14H22ClN3/c1-16-9-11-4-5-14(13(15)8-11)18-7-6-12(10-18)17(2)3/h4-5,8,12,16H,6-7,9-10H2,1-3H3. The third-order valence-electron chi connectivity index (χ3n) is 3.63. The first-order chi connectivity index (χ1) is 8.61. The Labute approximate surface area is 115 Å². The van der Waals surface area contributed by atoms with Crippen LogP contribution in [0.2, 0.25) is 5.02 Å². The first kappa shape index (κ1) is 13.7.